The van der Waals surface area contributed by atoms with Gasteiger partial charge >= 0.3 is 12.0 Å². The molecule has 4 N–H and O–H groups in total. The standard InChI is InChI=1S/C21H31N3O4/c1-14-11-15(2)13-16(12-14)19(20(26)27)24-18(25)9-6-10-22-21(28)23-17-7-4-3-5-8-17/h11-13,17,19H,3-10H2,1-2H3,(H,24,25)(H,26,27)(H2,22,23,28). The van der Waals surface area contributed by atoms with E-state index in [4.69, 9.17) is 0 Å². The molecule has 0 saturated heterocycles. The summed E-state index contributed by atoms with van der Waals surface area (Å²) in [5.74, 6) is -1.44. The number of benzene rings is 1. The van der Waals surface area contributed by atoms with Crippen molar-refractivity contribution in [3.63, 3.8) is 0 Å². The van der Waals surface area contributed by atoms with Gasteiger partial charge in [-0.05, 0) is 38.7 Å². The number of hydrogen-bond acceptors (Lipinski definition) is 3. The molecule has 28 heavy (non-hydrogen) atoms. The Labute approximate surface area is 166 Å². The van der Waals surface area contributed by atoms with E-state index in [0.717, 1.165) is 36.8 Å². The second-order valence-corrected chi connectivity index (χ2v) is 7.60. The van der Waals surface area contributed by atoms with Gasteiger partial charge in [-0.2, -0.15) is 0 Å². The molecule has 0 spiro atoms. The number of carbonyl (C=O) groups excluding carboxylic acids is 2. The van der Waals surface area contributed by atoms with Crippen molar-refractivity contribution in [2.45, 2.75) is 70.9 Å². The largest absolute Gasteiger partial charge is 0.479 e. The van der Waals surface area contributed by atoms with Crippen molar-refractivity contribution >= 4 is 17.9 Å². The van der Waals surface area contributed by atoms with Crippen LogP contribution in [0.2, 0.25) is 0 Å². The van der Waals surface area contributed by atoms with E-state index in [0.29, 0.717) is 18.5 Å². The third-order valence-electron chi connectivity index (χ3n) is 4.94. The third-order valence-corrected chi connectivity index (χ3v) is 4.94. The first kappa shape index (κ1) is 21.7. The van der Waals surface area contributed by atoms with Gasteiger partial charge in [0.25, 0.3) is 0 Å². The summed E-state index contributed by atoms with van der Waals surface area (Å²) in [6.45, 7) is 4.15. The highest BCUT2D eigenvalue weighted by Gasteiger charge is 2.22. The van der Waals surface area contributed by atoms with Gasteiger partial charge in [0.15, 0.2) is 6.04 Å². The van der Waals surface area contributed by atoms with Gasteiger partial charge in [0.05, 0.1) is 0 Å². The van der Waals surface area contributed by atoms with Crippen molar-refractivity contribution < 1.29 is 19.5 Å². The molecule has 154 valence electrons. The minimum atomic E-state index is -1.09. The highest BCUT2D eigenvalue weighted by Crippen LogP contribution is 2.18. The first-order valence-corrected chi connectivity index (χ1v) is 10.00. The first-order chi connectivity index (χ1) is 13.3. The van der Waals surface area contributed by atoms with E-state index < -0.39 is 12.0 Å². The van der Waals surface area contributed by atoms with Crippen molar-refractivity contribution in [1.82, 2.24) is 16.0 Å². The average Bonchev–Trinajstić information content (AvgIpc) is 2.63. The van der Waals surface area contributed by atoms with Gasteiger partial charge in [0.2, 0.25) is 5.91 Å². The van der Waals surface area contributed by atoms with Gasteiger partial charge in [0.1, 0.15) is 0 Å². The van der Waals surface area contributed by atoms with Crippen LogP contribution in [0.5, 0.6) is 0 Å². The van der Waals surface area contributed by atoms with Crippen LogP contribution in [0.3, 0.4) is 0 Å². The number of carbonyl (C=O) groups is 3. The quantitative estimate of drug-likeness (QED) is 0.513. The summed E-state index contributed by atoms with van der Waals surface area (Å²) in [7, 11) is 0. The number of carboxylic acid groups (broad SMARTS) is 1. The van der Waals surface area contributed by atoms with Gasteiger partial charge in [-0.3, -0.25) is 4.79 Å². The molecule has 1 aliphatic rings. The number of aryl methyl sites for hydroxylation is 2. The number of amides is 3. The maximum atomic E-state index is 12.2. The summed E-state index contributed by atoms with van der Waals surface area (Å²) in [4.78, 5) is 35.6. The van der Waals surface area contributed by atoms with Crippen LogP contribution in [0, 0.1) is 13.8 Å². The first-order valence-electron chi connectivity index (χ1n) is 10.00. The summed E-state index contributed by atoms with van der Waals surface area (Å²) in [6.07, 6.45) is 6.16. The Morgan fingerprint density at radius 2 is 1.71 bits per heavy atom. The van der Waals surface area contributed by atoms with Gasteiger partial charge in [-0.15, -0.1) is 0 Å². The molecule has 1 saturated carbocycles. The molecule has 0 radical (unpaired) electrons. The maximum Gasteiger partial charge on any atom is 0.330 e. The van der Waals surface area contributed by atoms with Crippen LogP contribution in [-0.2, 0) is 9.59 Å². The Morgan fingerprint density at radius 3 is 2.32 bits per heavy atom. The molecule has 3 amide bonds. The summed E-state index contributed by atoms with van der Waals surface area (Å²) in [6, 6.07) is 4.45. The Hall–Kier alpha value is -2.57. The SMILES string of the molecule is Cc1cc(C)cc(C(NC(=O)CCCNC(=O)NC2CCCCC2)C(=O)O)c1. The molecule has 0 aliphatic heterocycles. The molecule has 1 unspecified atom stereocenters. The molecule has 7 heteroatoms. The third kappa shape index (κ3) is 7.21. The topological polar surface area (TPSA) is 108 Å². The minimum Gasteiger partial charge on any atom is -0.479 e. The van der Waals surface area contributed by atoms with Gasteiger partial charge in [-0.1, -0.05) is 48.6 Å². The number of hydrogen-bond donors (Lipinski definition) is 4. The fourth-order valence-electron chi connectivity index (χ4n) is 3.63. The lowest BCUT2D eigenvalue weighted by Gasteiger charge is -2.22. The molecule has 1 fully saturated rings. The van der Waals surface area contributed by atoms with Crippen molar-refractivity contribution in [1.29, 1.82) is 0 Å². The van der Waals surface area contributed by atoms with Gasteiger partial charge in [0, 0.05) is 19.0 Å². The molecule has 0 heterocycles. The predicted octanol–water partition coefficient (Wildman–Crippen LogP) is 2.96. The molecule has 2 rings (SSSR count). The van der Waals surface area contributed by atoms with Crippen molar-refractivity contribution in [2.75, 3.05) is 6.54 Å². The Morgan fingerprint density at radius 1 is 1.07 bits per heavy atom. The predicted molar refractivity (Wildman–Crippen MR) is 107 cm³/mol. The highest BCUT2D eigenvalue weighted by molar-refractivity contribution is 5.84. The molecule has 0 bridgehead atoms. The zero-order valence-corrected chi connectivity index (χ0v) is 16.7. The summed E-state index contributed by atoms with van der Waals surface area (Å²) >= 11 is 0. The lowest BCUT2D eigenvalue weighted by atomic mass is 9.96. The second-order valence-electron chi connectivity index (χ2n) is 7.60. The van der Waals surface area contributed by atoms with Crippen LogP contribution in [0.4, 0.5) is 4.79 Å². The smallest absolute Gasteiger partial charge is 0.330 e. The van der Waals surface area contributed by atoms with Crippen LogP contribution >= 0.6 is 0 Å². The maximum absolute atomic E-state index is 12.2. The molecule has 1 aliphatic carbocycles. The number of aliphatic carboxylic acids is 1. The van der Waals surface area contributed by atoms with E-state index in [1.165, 1.54) is 6.42 Å². The number of rotatable bonds is 8. The zero-order valence-electron chi connectivity index (χ0n) is 16.7. The van der Waals surface area contributed by atoms with Crippen LogP contribution < -0.4 is 16.0 Å². The summed E-state index contributed by atoms with van der Waals surface area (Å²) in [5, 5.41) is 17.8. The Kier molecular flexibility index (Phi) is 8.29. The molecular weight excluding hydrogens is 358 g/mol. The summed E-state index contributed by atoms with van der Waals surface area (Å²) in [5.41, 5.74) is 2.45. The highest BCUT2D eigenvalue weighted by atomic mass is 16.4. The lowest BCUT2D eigenvalue weighted by Crippen LogP contribution is -2.43. The molecule has 0 aromatic heterocycles. The van der Waals surface area contributed by atoms with Crippen LogP contribution in [0.1, 0.15) is 67.7 Å². The van der Waals surface area contributed by atoms with Crippen LogP contribution in [0.15, 0.2) is 18.2 Å². The van der Waals surface area contributed by atoms with Crippen LogP contribution in [-0.4, -0.2) is 35.6 Å². The normalized spacial score (nSPS) is 15.5. The van der Waals surface area contributed by atoms with Crippen molar-refractivity contribution in [3.05, 3.63) is 34.9 Å². The second kappa shape index (κ2) is 10.7. The van der Waals surface area contributed by atoms with E-state index >= 15 is 0 Å². The number of nitrogens with one attached hydrogen (secondary N) is 3. The summed E-state index contributed by atoms with van der Waals surface area (Å²) < 4.78 is 0. The van der Waals surface area contributed by atoms with E-state index in [2.05, 4.69) is 16.0 Å². The number of carboxylic acids is 1. The van der Waals surface area contributed by atoms with Gasteiger partial charge in [-0.25, -0.2) is 9.59 Å². The van der Waals surface area contributed by atoms with E-state index in [1.54, 1.807) is 12.1 Å². The van der Waals surface area contributed by atoms with Gasteiger partial charge < -0.3 is 21.1 Å². The molecular formula is C21H31N3O4. The lowest BCUT2D eigenvalue weighted by molar-refractivity contribution is -0.142. The minimum absolute atomic E-state index is 0.151. The van der Waals surface area contributed by atoms with Crippen molar-refractivity contribution in [3.8, 4) is 0 Å². The van der Waals surface area contributed by atoms with Crippen molar-refractivity contribution in [2.24, 2.45) is 0 Å². The molecule has 1 aromatic rings. The Balaban J connectivity index is 1.74. The van der Waals surface area contributed by atoms with E-state index in [9.17, 15) is 19.5 Å². The monoisotopic (exact) mass is 389 g/mol. The fraction of sp³-hybridized carbons (Fsp3) is 0.571. The number of urea groups is 1. The molecule has 1 atom stereocenters. The van der Waals surface area contributed by atoms with E-state index in [1.807, 2.05) is 19.9 Å². The fourth-order valence-corrected chi connectivity index (χ4v) is 3.63. The average molecular weight is 389 g/mol. The molecule has 7 nitrogen and oxygen atoms in total. The van der Waals surface area contributed by atoms with E-state index in [-0.39, 0.29) is 24.4 Å². The Bertz CT molecular complexity index is 679. The van der Waals surface area contributed by atoms with Crippen LogP contribution in [0.25, 0.3) is 0 Å². The zero-order chi connectivity index (χ0) is 20.5. The molecule has 1 aromatic carbocycles.